The van der Waals surface area contributed by atoms with Crippen molar-refractivity contribution >= 4 is 40.9 Å². The van der Waals surface area contributed by atoms with Crippen LogP contribution < -0.4 is 21.1 Å². The second kappa shape index (κ2) is 12.9. The number of aromatic nitrogens is 4. The van der Waals surface area contributed by atoms with Crippen molar-refractivity contribution in [3.05, 3.63) is 60.1 Å². The van der Waals surface area contributed by atoms with Crippen molar-refractivity contribution < 1.29 is 23.9 Å². The molecule has 3 aromatic rings. The van der Waals surface area contributed by atoms with Crippen LogP contribution in [0.25, 0.3) is 0 Å². The van der Waals surface area contributed by atoms with Crippen LogP contribution in [-0.4, -0.2) is 93.8 Å². The molecule has 4 N–H and O–H groups in total. The van der Waals surface area contributed by atoms with Crippen molar-refractivity contribution in [1.82, 2.24) is 29.5 Å². The van der Waals surface area contributed by atoms with E-state index < -0.39 is 5.91 Å². The Morgan fingerprint density at radius 2 is 1.93 bits per heavy atom. The summed E-state index contributed by atoms with van der Waals surface area (Å²) in [5.74, 6) is -0.155. The van der Waals surface area contributed by atoms with Crippen LogP contribution in [0.3, 0.4) is 0 Å². The highest BCUT2D eigenvalue weighted by Crippen LogP contribution is 2.34. The molecule has 2 fully saturated rings. The van der Waals surface area contributed by atoms with Crippen LogP contribution in [-0.2, 0) is 9.53 Å². The predicted octanol–water partition coefficient (Wildman–Crippen LogP) is 2.40. The summed E-state index contributed by atoms with van der Waals surface area (Å²) in [4.78, 5) is 49.7. The number of piperidine rings is 1. The van der Waals surface area contributed by atoms with Crippen LogP contribution in [0, 0.1) is 6.92 Å². The molecule has 2 aromatic heterocycles. The SMILES string of the molecule is C=CC(=O)N1CCCC(n2cc(Nc3ncc(C(N)=O)c(Nc4c(C)cc(C(=O)N5CCOCC5)cc4OC)n3)cn2)C1. The van der Waals surface area contributed by atoms with Crippen molar-refractivity contribution in [1.29, 1.82) is 0 Å². The molecule has 1 atom stereocenters. The normalized spacial score (nSPS) is 16.8. The number of likely N-dealkylation sites (tertiary alicyclic amines) is 1. The largest absolute Gasteiger partial charge is 0.495 e. The number of anilines is 4. The van der Waals surface area contributed by atoms with Gasteiger partial charge in [0.05, 0.1) is 43.9 Å². The summed E-state index contributed by atoms with van der Waals surface area (Å²) in [5, 5.41) is 10.8. The first-order valence-electron chi connectivity index (χ1n) is 14.0. The Balaban J connectivity index is 1.36. The molecule has 2 aliphatic rings. The number of primary amides is 1. The second-order valence-electron chi connectivity index (χ2n) is 10.3. The minimum absolute atomic E-state index is 0.0251. The molecule has 0 saturated carbocycles. The van der Waals surface area contributed by atoms with Gasteiger partial charge in [-0.1, -0.05) is 6.58 Å². The number of methoxy groups -OCH3 is 1. The first kappa shape index (κ1) is 29.5. The number of benzene rings is 1. The summed E-state index contributed by atoms with van der Waals surface area (Å²) < 4.78 is 12.8. The summed E-state index contributed by atoms with van der Waals surface area (Å²) in [7, 11) is 1.50. The molecular formula is C29H35N9O5. The molecular weight excluding hydrogens is 554 g/mol. The van der Waals surface area contributed by atoms with E-state index in [0.29, 0.717) is 67.6 Å². The molecule has 0 spiro atoms. The van der Waals surface area contributed by atoms with E-state index in [1.54, 1.807) is 28.1 Å². The third-order valence-electron chi connectivity index (χ3n) is 7.48. The maximum Gasteiger partial charge on any atom is 0.254 e. The maximum atomic E-state index is 13.1. The van der Waals surface area contributed by atoms with E-state index in [4.69, 9.17) is 15.2 Å². The summed E-state index contributed by atoms with van der Waals surface area (Å²) >= 11 is 0. The van der Waals surface area contributed by atoms with Gasteiger partial charge in [-0.25, -0.2) is 4.98 Å². The predicted molar refractivity (Wildman–Crippen MR) is 159 cm³/mol. The van der Waals surface area contributed by atoms with Gasteiger partial charge in [-0.2, -0.15) is 10.1 Å². The Labute approximate surface area is 248 Å². The topological polar surface area (TPSA) is 170 Å². The van der Waals surface area contributed by atoms with E-state index >= 15 is 0 Å². The molecule has 43 heavy (non-hydrogen) atoms. The van der Waals surface area contributed by atoms with Crippen LogP contribution in [0.5, 0.6) is 5.75 Å². The fourth-order valence-electron chi connectivity index (χ4n) is 5.22. The monoisotopic (exact) mass is 589 g/mol. The van der Waals surface area contributed by atoms with Gasteiger partial charge >= 0.3 is 0 Å². The lowest BCUT2D eigenvalue weighted by molar-refractivity contribution is -0.127. The minimum atomic E-state index is -0.714. The van der Waals surface area contributed by atoms with Crippen LogP contribution >= 0.6 is 0 Å². The highest BCUT2D eigenvalue weighted by Gasteiger charge is 2.25. The second-order valence-corrected chi connectivity index (χ2v) is 10.3. The molecule has 1 unspecified atom stereocenters. The molecule has 0 bridgehead atoms. The number of morpholine rings is 1. The van der Waals surface area contributed by atoms with Gasteiger partial charge in [-0.3, -0.25) is 19.1 Å². The molecule has 14 heteroatoms. The van der Waals surface area contributed by atoms with E-state index in [2.05, 4.69) is 32.3 Å². The smallest absolute Gasteiger partial charge is 0.254 e. The fourth-order valence-corrected chi connectivity index (χ4v) is 5.22. The lowest BCUT2D eigenvalue weighted by Crippen LogP contribution is -2.40. The van der Waals surface area contributed by atoms with E-state index in [0.717, 1.165) is 12.8 Å². The Morgan fingerprint density at radius 3 is 2.65 bits per heavy atom. The molecule has 14 nitrogen and oxygen atoms in total. The highest BCUT2D eigenvalue weighted by molar-refractivity contribution is 5.99. The average Bonchev–Trinajstić information content (AvgIpc) is 3.50. The zero-order valence-electron chi connectivity index (χ0n) is 24.2. The number of nitrogens with one attached hydrogen (secondary N) is 2. The molecule has 4 heterocycles. The van der Waals surface area contributed by atoms with Crippen LogP contribution in [0.15, 0.2) is 43.4 Å². The van der Waals surface area contributed by atoms with Crippen LogP contribution in [0.4, 0.5) is 23.1 Å². The average molecular weight is 590 g/mol. The Bertz CT molecular complexity index is 1530. The highest BCUT2D eigenvalue weighted by atomic mass is 16.5. The number of carbonyl (C=O) groups excluding carboxylic acids is 3. The van der Waals surface area contributed by atoms with Gasteiger partial charge in [0.15, 0.2) is 0 Å². The number of amides is 3. The van der Waals surface area contributed by atoms with Gasteiger partial charge in [0.2, 0.25) is 11.9 Å². The van der Waals surface area contributed by atoms with Crippen molar-refractivity contribution in [2.75, 3.05) is 57.1 Å². The van der Waals surface area contributed by atoms with Crippen molar-refractivity contribution in [2.24, 2.45) is 5.73 Å². The molecule has 5 rings (SSSR count). The standard InChI is InChI=1S/C29H35N9O5/c1-4-24(39)37-7-5-6-21(17-37)38-16-20(14-32-38)33-29-31-15-22(26(30)40)27(35-29)34-25-18(2)12-19(13-23(25)42-3)28(41)36-8-10-43-11-9-36/h4,12-16,21H,1,5-11,17H2,2-3H3,(H2,30,40)(H2,31,33,34,35). The fraction of sp³-hybridized carbons (Fsp3) is 0.379. The number of ether oxygens (including phenoxy) is 2. The number of nitrogens with two attached hydrogens (primary N) is 1. The number of carbonyl (C=O) groups is 3. The molecule has 2 aliphatic heterocycles. The third-order valence-corrected chi connectivity index (χ3v) is 7.48. The minimum Gasteiger partial charge on any atom is -0.495 e. The molecule has 3 amide bonds. The first-order valence-corrected chi connectivity index (χ1v) is 14.0. The van der Waals surface area contributed by atoms with Gasteiger partial charge < -0.3 is 35.6 Å². The lowest BCUT2D eigenvalue weighted by atomic mass is 10.1. The summed E-state index contributed by atoms with van der Waals surface area (Å²) in [6, 6.07) is 3.44. The number of hydrogen-bond donors (Lipinski definition) is 3. The molecule has 1 aromatic carbocycles. The zero-order valence-corrected chi connectivity index (χ0v) is 24.2. The summed E-state index contributed by atoms with van der Waals surface area (Å²) in [6.07, 6.45) is 7.88. The van der Waals surface area contributed by atoms with Gasteiger partial charge in [-0.05, 0) is 43.5 Å². The van der Waals surface area contributed by atoms with Crippen LogP contribution in [0.2, 0.25) is 0 Å². The van der Waals surface area contributed by atoms with E-state index in [1.807, 2.05) is 17.8 Å². The lowest BCUT2D eigenvalue weighted by Gasteiger charge is -2.32. The van der Waals surface area contributed by atoms with Gasteiger partial charge in [0, 0.05) is 44.1 Å². The molecule has 2 saturated heterocycles. The number of nitrogens with zero attached hydrogens (tertiary/aromatic N) is 6. The Hall–Kier alpha value is -4.98. The summed E-state index contributed by atoms with van der Waals surface area (Å²) in [6.45, 7) is 8.68. The number of aryl methyl sites for hydroxylation is 1. The molecule has 226 valence electrons. The number of hydrogen-bond acceptors (Lipinski definition) is 10. The molecule has 0 aliphatic carbocycles. The first-order chi connectivity index (χ1) is 20.8. The van der Waals surface area contributed by atoms with Crippen LogP contribution in [0.1, 0.15) is 45.2 Å². The quantitative estimate of drug-likeness (QED) is 0.315. The van der Waals surface area contributed by atoms with Gasteiger partial charge in [0.1, 0.15) is 17.1 Å². The van der Waals surface area contributed by atoms with Crippen molar-refractivity contribution in [3.8, 4) is 5.75 Å². The van der Waals surface area contributed by atoms with E-state index in [1.165, 1.54) is 19.4 Å². The number of rotatable bonds is 9. The Morgan fingerprint density at radius 1 is 1.14 bits per heavy atom. The Kier molecular flexibility index (Phi) is 8.85. The maximum absolute atomic E-state index is 13.1. The van der Waals surface area contributed by atoms with E-state index in [9.17, 15) is 14.4 Å². The summed E-state index contributed by atoms with van der Waals surface area (Å²) in [5.41, 5.74) is 8.05. The molecule has 0 radical (unpaired) electrons. The zero-order chi connectivity index (χ0) is 30.5. The van der Waals surface area contributed by atoms with E-state index in [-0.39, 0.29) is 35.2 Å². The third kappa shape index (κ3) is 6.59. The van der Waals surface area contributed by atoms with Crippen molar-refractivity contribution in [2.45, 2.75) is 25.8 Å². The van der Waals surface area contributed by atoms with Gasteiger partial charge in [0.25, 0.3) is 11.8 Å². The van der Waals surface area contributed by atoms with Gasteiger partial charge in [-0.15, -0.1) is 0 Å². The van der Waals surface area contributed by atoms with Crippen molar-refractivity contribution in [3.63, 3.8) is 0 Å².